The van der Waals surface area contributed by atoms with Crippen LogP contribution in [-0.2, 0) is 16.1 Å². The Hall–Kier alpha value is -3.02. The van der Waals surface area contributed by atoms with Gasteiger partial charge in [-0.1, -0.05) is 36.8 Å². The number of rotatable bonds is 9. The van der Waals surface area contributed by atoms with Crippen molar-refractivity contribution in [3.63, 3.8) is 0 Å². The summed E-state index contributed by atoms with van der Waals surface area (Å²) < 4.78 is 11.1. The Balaban J connectivity index is 2.25. The summed E-state index contributed by atoms with van der Waals surface area (Å²) >= 11 is 0. The van der Waals surface area contributed by atoms with Crippen LogP contribution in [0, 0.1) is 13.8 Å². The summed E-state index contributed by atoms with van der Waals surface area (Å²) in [5.74, 6) is 0.993. The molecule has 0 saturated heterocycles. The number of methoxy groups -OCH3 is 1. The molecule has 0 saturated carbocycles. The first-order chi connectivity index (χ1) is 15.0. The van der Waals surface area contributed by atoms with E-state index in [0.29, 0.717) is 18.7 Å². The highest BCUT2D eigenvalue weighted by atomic mass is 16.5. The summed E-state index contributed by atoms with van der Waals surface area (Å²) in [4.78, 5) is 27.9. The number of carbonyl (C=O) groups excluding carboxylic acids is 2. The predicted octanol–water partition coefficient (Wildman–Crippen LogP) is 4.41. The van der Waals surface area contributed by atoms with Gasteiger partial charge in [0.25, 0.3) is 5.91 Å². The van der Waals surface area contributed by atoms with Crippen molar-refractivity contribution in [3.05, 3.63) is 59.2 Å². The molecule has 2 aromatic rings. The molecule has 0 aliphatic rings. The van der Waals surface area contributed by atoms with Crippen molar-refractivity contribution < 1.29 is 19.1 Å². The van der Waals surface area contributed by atoms with Gasteiger partial charge < -0.3 is 19.7 Å². The fourth-order valence-electron chi connectivity index (χ4n) is 3.48. The topological polar surface area (TPSA) is 67.9 Å². The minimum absolute atomic E-state index is 0.140. The number of nitrogens with zero attached hydrogens (tertiary/aromatic N) is 1. The highest BCUT2D eigenvalue weighted by Crippen LogP contribution is 2.20. The second kappa shape index (κ2) is 11.0. The number of benzene rings is 2. The van der Waals surface area contributed by atoms with Crippen LogP contribution in [0.1, 0.15) is 50.8 Å². The minimum atomic E-state index is -0.605. The highest BCUT2D eigenvalue weighted by Gasteiger charge is 2.31. The number of carbonyl (C=O) groups is 2. The molecule has 1 atom stereocenters. The van der Waals surface area contributed by atoms with Crippen molar-refractivity contribution in [1.82, 2.24) is 10.2 Å². The van der Waals surface area contributed by atoms with E-state index in [1.165, 1.54) is 0 Å². The number of hydrogen-bond donors (Lipinski definition) is 1. The van der Waals surface area contributed by atoms with Gasteiger partial charge in [0, 0.05) is 12.1 Å². The fraction of sp³-hybridized carbons (Fsp3) is 0.462. The van der Waals surface area contributed by atoms with Crippen molar-refractivity contribution in [2.45, 2.75) is 66.1 Å². The van der Waals surface area contributed by atoms with Crippen LogP contribution in [0.25, 0.3) is 0 Å². The van der Waals surface area contributed by atoms with E-state index in [9.17, 15) is 9.59 Å². The molecule has 0 radical (unpaired) electrons. The SMILES string of the molecule is CC[C@H](C(=O)NC(C)(C)C)N(Cc1ccc(OC)cc1)C(=O)COc1ccc(C)cc1C. The maximum atomic E-state index is 13.3. The quantitative estimate of drug-likeness (QED) is 0.627. The zero-order valence-electron chi connectivity index (χ0n) is 20.3. The first-order valence-corrected chi connectivity index (χ1v) is 11.0. The first kappa shape index (κ1) is 25.2. The first-order valence-electron chi connectivity index (χ1n) is 11.0. The van der Waals surface area contributed by atoms with Crippen LogP contribution in [-0.4, -0.2) is 42.0 Å². The molecule has 2 aromatic carbocycles. The van der Waals surface area contributed by atoms with Crippen molar-refractivity contribution in [3.8, 4) is 11.5 Å². The van der Waals surface area contributed by atoms with E-state index in [4.69, 9.17) is 9.47 Å². The maximum Gasteiger partial charge on any atom is 0.261 e. The average Bonchev–Trinajstić information content (AvgIpc) is 2.72. The Labute approximate surface area is 191 Å². The van der Waals surface area contributed by atoms with Crippen LogP contribution in [0.3, 0.4) is 0 Å². The molecule has 0 unspecified atom stereocenters. The van der Waals surface area contributed by atoms with Crippen LogP contribution in [0.2, 0.25) is 0 Å². The number of aryl methyl sites for hydroxylation is 2. The van der Waals surface area contributed by atoms with Crippen LogP contribution in [0.15, 0.2) is 42.5 Å². The van der Waals surface area contributed by atoms with Gasteiger partial charge in [-0.2, -0.15) is 0 Å². The molecule has 2 amide bonds. The third-order valence-corrected chi connectivity index (χ3v) is 5.08. The molecule has 174 valence electrons. The zero-order chi connectivity index (χ0) is 23.9. The van der Waals surface area contributed by atoms with Crippen molar-refractivity contribution in [1.29, 1.82) is 0 Å². The molecule has 0 bridgehead atoms. The van der Waals surface area contributed by atoms with Gasteiger partial charge in [-0.3, -0.25) is 9.59 Å². The van der Waals surface area contributed by atoms with Crippen LogP contribution in [0.4, 0.5) is 0 Å². The fourth-order valence-corrected chi connectivity index (χ4v) is 3.48. The Morgan fingerprint density at radius 2 is 1.72 bits per heavy atom. The van der Waals surface area contributed by atoms with E-state index in [2.05, 4.69) is 5.32 Å². The Bertz CT molecular complexity index is 916. The minimum Gasteiger partial charge on any atom is -0.497 e. The third kappa shape index (κ3) is 7.29. The monoisotopic (exact) mass is 440 g/mol. The average molecular weight is 441 g/mol. The Kier molecular flexibility index (Phi) is 8.70. The molecule has 0 aliphatic carbocycles. The Morgan fingerprint density at radius 3 is 2.25 bits per heavy atom. The van der Waals surface area contributed by atoms with Crippen LogP contribution in [0.5, 0.6) is 11.5 Å². The van der Waals surface area contributed by atoms with Gasteiger partial charge in [-0.15, -0.1) is 0 Å². The van der Waals surface area contributed by atoms with Gasteiger partial charge in [-0.25, -0.2) is 0 Å². The van der Waals surface area contributed by atoms with E-state index in [1.54, 1.807) is 12.0 Å². The second-order valence-corrected chi connectivity index (χ2v) is 9.09. The normalized spacial score (nSPS) is 12.1. The molecular weight excluding hydrogens is 404 g/mol. The lowest BCUT2D eigenvalue weighted by molar-refractivity contribution is -0.143. The summed E-state index contributed by atoms with van der Waals surface area (Å²) in [7, 11) is 1.61. The van der Waals surface area contributed by atoms with Crippen molar-refractivity contribution >= 4 is 11.8 Å². The molecule has 0 aliphatic heterocycles. The van der Waals surface area contributed by atoms with Crippen molar-refractivity contribution in [2.75, 3.05) is 13.7 Å². The summed E-state index contributed by atoms with van der Waals surface area (Å²) in [5, 5.41) is 3.01. The molecule has 0 aromatic heterocycles. The third-order valence-electron chi connectivity index (χ3n) is 5.08. The maximum absolute atomic E-state index is 13.3. The molecule has 6 nitrogen and oxygen atoms in total. The molecular formula is C26H36N2O4. The lowest BCUT2D eigenvalue weighted by Gasteiger charge is -2.33. The van der Waals surface area contributed by atoms with Gasteiger partial charge in [-0.05, 0) is 70.4 Å². The van der Waals surface area contributed by atoms with E-state index in [1.807, 2.05) is 84.0 Å². The largest absolute Gasteiger partial charge is 0.497 e. The van der Waals surface area contributed by atoms with Crippen molar-refractivity contribution in [2.24, 2.45) is 0 Å². The lowest BCUT2D eigenvalue weighted by atomic mass is 10.1. The number of nitrogens with one attached hydrogen (secondary N) is 1. The van der Waals surface area contributed by atoms with Crippen LogP contribution >= 0.6 is 0 Å². The van der Waals surface area contributed by atoms with Gasteiger partial charge in [0.15, 0.2) is 6.61 Å². The van der Waals surface area contributed by atoms with Gasteiger partial charge in [0.05, 0.1) is 7.11 Å². The Morgan fingerprint density at radius 1 is 1.06 bits per heavy atom. The standard InChI is InChI=1S/C26H36N2O4/c1-8-22(25(30)27-26(4,5)6)28(16-20-10-12-21(31-7)13-11-20)24(29)17-32-23-14-9-18(2)15-19(23)3/h9-15,22H,8,16-17H2,1-7H3,(H,27,30)/t22-/m1/s1. The highest BCUT2D eigenvalue weighted by molar-refractivity contribution is 5.88. The summed E-state index contributed by atoms with van der Waals surface area (Å²) in [6.45, 7) is 11.8. The van der Waals surface area contributed by atoms with E-state index in [0.717, 1.165) is 22.4 Å². The van der Waals surface area contributed by atoms with E-state index in [-0.39, 0.29) is 18.4 Å². The zero-order valence-corrected chi connectivity index (χ0v) is 20.3. The molecule has 2 rings (SSSR count). The van der Waals surface area contributed by atoms with Crippen LogP contribution < -0.4 is 14.8 Å². The van der Waals surface area contributed by atoms with Gasteiger partial charge in [0.1, 0.15) is 17.5 Å². The molecule has 1 N–H and O–H groups in total. The number of amides is 2. The molecule has 0 fully saturated rings. The van der Waals surface area contributed by atoms with Gasteiger partial charge >= 0.3 is 0 Å². The molecule has 0 spiro atoms. The number of ether oxygens (including phenoxy) is 2. The van der Waals surface area contributed by atoms with Gasteiger partial charge in [0.2, 0.25) is 5.91 Å². The summed E-state index contributed by atoms with van der Waals surface area (Å²) in [6.07, 6.45) is 0.493. The summed E-state index contributed by atoms with van der Waals surface area (Å²) in [6, 6.07) is 12.7. The molecule has 6 heteroatoms. The lowest BCUT2D eigenvalue weighted by Crippen LogP contribution is -2.54. The smallest absolute Gasteiger partial charge is 0.261 e. The number of hydrogen-bond acceptors (Lipinski definition) is 4. The molecule has 32 heavy (non-hydrogen) atoms. The van der Waals surface area contributed by atoms with E-state index >= 15 is 0 Å². The summed E-state index contributed by atoms with van der Waals surface area (Å²) in [5.41, 5.74) is 2.62. The van der Waals surface area contributed by atoms with E-state index < -0.39 is 11.6 Å². The second-order valence-electron chi connectivity index (χ2n) is 9.09. The molecule has 0 heterocycles. The predicted molar refractivity (Wildman–Crippen MR) is 127 cm³/mol.